The Morgan fingerprint density at radius 1 is 1.22 bits per heavy atom. The van der Waals surface area contributed by atoms with Crippen LogP contribution in [-0.2, 0) is 4.79 Å². The lowest BCUT2D eigenvalue weighted by atomic mass is 10.1. The lowest BCUT2D eigenvalue weighted by Crippen LogP contribution is -2.21. The van der Waals surface area contributed by atoms with Crippen molar-refractivity contribution in [2.45, 2.75) is 20.8 Å². The molecule has 2 heterocycles. The second-order valence-electron chi connectivity index (χ2n) is 5.52. The fourth-order valence-electron chi connectivity index (χ4n) is 2.47. The van der Waals surface area contributed by atoms with E-state index in [1.807, 2.05) is 61.7 Å². The number of amides is 1. The molecule has 0 unspecified atom stereocenters. The van der Waals surface area contributed by atoms with Crippen LogP contribution in [0, 0.1) is 20.8 Å². The number of nitrogens with zero attached hydrogens (tertiary/aromatic N) is 2. The predicted molar refractivity (Wildman–Crippen MR) is 90.0 cm³/mol. The van der Waals surface area contributed by atoms with Crippen molar-refractivity contribution in [1.82, 2.24) is 9.38 Å². The number of nitrogens with one attached hydrogen (secondary N) is 1. The van der Waals surface area contributed by atoms with Crippen LogP contribution in [0.5, 0.6) is 5.75 Å². The highest BCUT2D eigenvalue weighted by molar-refractivity contribution is 5.92. The molecule has 0 saturated carbocycles. The maximum atomic E-state index is 12.1. The molecule has 0 fully saturated rings. The molecule has 118 valence electrons. The Bertz CT molecular complexity index is 868. The number of benzene rings is 1. The van der Waals surface area contributed by atoms with Crippen LogP contribution in [-0.4, -0.2) is 21.9 Å². The molecule has 0 spiro atoms. The zero-order valence-electron chi connectivity index (χ0n) is 13.5. The molecule has 5 heteroatoms. The first-order chi connectivity index (χ1) is 11.1. The van der Waals surface area contributed by atoms with Crippen molar-refractivity contribution in [2.75, 3.05) is 11.9 Å². The Hall–Kier alpha value is -2.82. The number of imidazole rings is 1. The van der Waals surface area contributed by atoms with Crippen molar-refractivity contribution in [3.63, 3.8) is 0 Å². The summed E-state index contributed by atoms with van der Waals surface area (Å²) in [5.74, 6) is 0.551. The van der Waals surface area contributed by atoms with Crippen LogP contribution in [0.4, 0.5) is 5.69 Å². The van der Waals surface area contributed by atoms with E-state index in [1.165, 1.54) is 0 Å². The van der Waals surface area contributed by atoms with Crippen molar-refractivity contribution >= 4 is 17.2 Å². The smallest absolute Gasteiger partial charge is 0.262 e. The lowest BCUT2D eigenvalue weighted by Gasteiger charge is -2.12. The highest BCUT2D eigenvalue weighted by atomic mass is 16.5. The molecule has 1 amide bonds. The summed E-state index contributed by atoms with van der Waals surface area (Å²) in [5, 5.41) is 2.88. The molecule has 1 aromatic carbocycles. The highest BCUT2D eigenvalue weighted by Gasteiger charge is 2.09. The largest absolute Gasteiger partial charge is 0.483 e. The summed E-state index contributed by atoms with van der Waals surface area (Å²) in [6.07, 6.45) is 3.60. The minimum absolute atomic E-state index is 0.0221. The van der Waals surface area contributed by atoms with E-state index in [1.54, 1.807) is 6.20 Å². The minimum atomic E-state index is -0.187. The number of aryl methyl sites for hydroxylation is 2. The first kappa shape index (κ1) is 15.1. The number of hydrogen-bond donors (Lipinski definition) is 1. The number of fused-ring (bicyclic) bond motifs is 1. The molecular weight excluding hydrogens is 290 g/mol. The normalized spacial score (nSPS) is 10.7. The summed E-state index contributed by atoms with van der Waals surface area (Å²) < 4.78 is 7.56. The van der Waals surface area contributed by atoms with Gasteiger partial charge in [0.15, 0.2) is 6.61 Å². The Morgan fingerprint density at radius 3 is 2.87 bits per heavy atom. The summed E-state index contributed by atoms with van der Waals surface area (Å²) in [7, 11) is 0. The van der Waals surface area contributed by atoms with E-state index in [-0.39, 0.29) is 12.5 Å². The van der Waals surface area contributed by atoms with Crippen LogP contribution in [0.2, 0.25) is 0 Å². The maximum Gasteiger partial charge on any atom is 0.262 e. The number of aromatic nitrogens is 2. The Morgan fingerprint density at radius 2 is 2.04 bits per heavy atom. The lowest BCUT2D eigenvalue weighted by molar-refractivity contribution is -0.118. The van der Waals surface area contributed by atoms with Crippen LogP contribution >= 0.6 is 0 Å². The molecule has 0 radical (unpaired) electrons. The van der Waals surface area contributed by atoms with E-state index in [4.69, 9.17) is 4.74 Å². The van der Waals surface area contributed by atoms with Gasteiger partial charge >= 0.3 is 0 Å². The molecule has 0 atom stereocenters. The van der Waals surface area contributed by atoms with Gasteiger partial charge in [-0.1, -0.05) is 12.1 Å². The third-order valence-electron chi connectivity index (χ3n) is 4.01. The zero-order valence-corrected chi connectivity index (χ0v) is 13.5. The molecule has 3 rings (SSSR count). The molecule has 0 aliphatic heterocycles. The van der Waals surface area contributed by atoms with Gasteiger partial charge in [0.05, 0.1) is 5.69 Å². The van der Waals surface area contributed by atoms with E-state index >= 15 is 0 Å². The number of ether oxygens (including phenoxy) is 1. The van der Waals surface area contributed by atoms with E-state index in [2.05, 4.69) is 10.3 Å². The van der Waals surface area contributed by atoms with Gasteiger partial charge in [0.1, 0.15) is 11.4 Å². The van der Waals surface area contributed by atoms with Crippen molar-refractivity contribution in [1.29, 1.82) is 0 Å². The van der Waals surface area contributed by atoms with Crippen molar-refractivity contribution in [2.24, 2.45) is 0 Å². The van der Waals surface area contributed by atoms with Gasteiger partial charge in [-0.25, -0.2) is 4.98 Å². The predicted octanol–water partition coefficient (Wildman–Crippen LogP) is 3.28. The number of hydrogen-bond acceptors (Lipinski definition) is 3. The van der Waals surface area contributed by atoms with Gasteiger partial charge in [-0.15, -0.1) is 0 Å². The number of carbonyl (C=O) groups excluding carboxylic acids is 1. The molecule has 0 saturated heterocycles. The third-order valence-corrected chi connectivity index (χ3v) is 4.01. The van der Waals surface area contributed by atoms with Gasteiger partial charge in [0.25, 0.3) is 5.91 Å². The quantitative estimate of drug-likeness (QED) is 0.804. The number of anilines is 1. The highest BCUT2D eigenvalue weighted by Crippen LogP contribution is 2.21. The third kappa shape index (κ3) is 3.04. The Kier molecular flexibility index (Phi) is 4.02. The van der Waals surface area contributed by atoms with Gasteiger partial charge in [-0.2, -0.15) is 0 Å². The number of pyridine rings is 1. The van der Waals surface area contributed by atoms with Gasteiger partial charge in [0, 0.05) is 18.1 Å². The average Bonchev–Trinajstić information content (AvgIpc) is 3.01. The van der Waals surface area contributed by atoms with Crippen molar-refractivity contribution in [3.05, 3.63) is 59.5 Å². The van der Waals surface area contributed by atoms with Gasteiger partial charge in [-0.3, -0.25) is 4.79 Å². The minimum Gasteiger partial charge on any atom is -0.483 e. The SMILES string of the molecule is Cc1cccc(OCC(=O)Nc2ccc3nccn3c2C)c1C. The molecule has 0 aliphatic rings. The number of rotatable bonds is 4. The summed E-state index contributed by atoms with van der Waals surface area (Å²) in [5.41, 5.74) is 4.73. The summed E-state index contributed by atoms with van der Waals surface area (Å²) in [6, 6.07) is 9.54. The van der Waals surface area contributed by atoms with Crippen LogP contribution in [0.3, 0.4) is 0 Å². The average molecular weight is 309 g/mol. The van der Waals surface area contributed by atoms with Crippen LogP contribution < -0.4 is 10.1 Å². The monoisotopic (exact) mass is 309 g/mol. The van der Waals surface area contributed by atoms with E-state index < -0.39 is 0 Å². The molecule has 1 N–H and O–H groups in total. The standard InChI is InChI=1S/C18H19N3O2/c1-12-5-4-6-16(13(12)2)23-11-18(22)20-15-7-8-17-19-9-10-21(17)14(15)3/h4-10H,11H2,1-3H3,(H,20,22). The number of carbonyl (C=O) groups is 1. The second-order valence-corrected chi connectivity index (χ2v) is 5.52. The molecule has 0 aliphatic carbocycles. The van der Waals surface area contributed by atoms with E-state index in [0.29, 0.717) is 0 Å². The fraction of sp³-hybridized carbons (Fsp3) is 0.222. The zero-order chi connectivity index (χ0) is 16.4. The van der Waals surface area contributed by atoms with Gasteiger partial charge in [-0.05, 0) is 50.1 Å². The Balaban J connectivity index is 1.69. The van der Waals surface area contributed by atoms with Crippen LogP contribution in [0.1, 0.15) is 16.8 Å². The Labute approximate surface area is 134 Å². The first-order valence-electron chi connectivity index (χ1n) is 7.48. The molecule has 5 nitrogen and oxygen atoms in total. The molecule has 23 heavy (non-hydrogen) atoms. The van der Waals surface area contributed by atoms with Gasteiger partial charge < -0.3 is 14.5 Å². The first-order valence-corrected chi connectivity index (χ1v) is 7.48. The summed E-state index contributed by atoms with van der Waals surface area (Å²) >= 11 is 0. The van der Waals surface area contributed by atoms with Crippen LogP contribution in [0.15, 0.2) is 42.7 Å². The van der Waals surface area contributed by atoms with E-state index in [9.17, 15) is 4.79 Å². The summed E-state index contributed by atoms with van der Waals surface area (Å²) in [4.78, 5) is 16.4. The molecular formula is C18H19N3O2. The van der Waals surface area contributed by atoms with E-state index in [0.717, 1.165) is 33.9 Å². The summed E-state index contributed by atoms with van der Waals surface area (Å²) in [6.45, 7) is 5.92. The fourth-order valence-corrected chi connectivity index (χ4v) is 2.47. The second kappa shape index (κ2) is 6.12. The van der Waals surface area contributed by atoms with Gasteiger partial charge in [0.2, 0.25) is 0 Å². The molecule has 2 aromatic heterocycles. The van der Waals surface area contributed by atoms with Crippen molar-refractivity contribution < 1.29 is 9.53 Å². The molecule has 3 aromatic rings. The topological polar surface area (TPSA) is 55.6 Å². The molecule has 0 bridgehead atoms. The maximum absolute atomic E-state index is 12.1. The van der Waals surface area contributed by atoms with Crippen LogP contribution in [0.25, 0.3) is 5.65 Å². The van der Waals surface area contributed by atoms with Crippen molar-refractivity contribution in [3.8, 4) is 5.75 Å².